The van der Waals surface area contributed by atoms with Gasteiger partial charge in [-0.05, 0) is 11.6 Å². The lowest BCUT2D eigenvalue weighted by Gasteiger charge is -2.27. The molecule has 6 nitrogen and oxygen atoms in total. The van der Waals surface area contributed by atoms with Gasteiger partial charge in [-0.2, -0.15) is 9.37 Å². The summed E-state index contributed by atoms with van der Waals surface area (Å²) in [5.74, 6) is 0.241. The second kappa shape index (κ2) is 6.55. The van der Waals surface area contributed by atoms with Gasteiger partial charge in [0.2, 0.25) is 11.9 Å². The molecule has 0 saturated carbocycles. The minimum Gasteiger partial charge on any atom is -0.314 e. The van der Waals surface area contributed by atoms with E-state index in [0.29, 0.717) is 5.82 Å². The SMILES string of the molecule is Fc1ccnc(Nc2ccc(CN3CCNCC3)cn2)n1. The molecular weight excluding hydrogens is 271 g/mol. The fraction of sp³-hybridized carbons (Fsp3) is 0.357. The van der Waals surface area contributed by atoms with E-state index in [1.165, 1.54) is 12.3 Å². The van der Waals surface area contributed by atoms with E-state index >= 15 is 0 Å². The van der Waals surface area contributed by atoms with Crippen molar-refractivity contribution in [2.75, 3.05) is 31.5 Å². The first-order valence-corrected chi connectivity index (χ1v) is 6.93. The van der Waals surface area contributed by atoms with Crippen molar-refractivity contribution >= 4 is 11.8 Å². The third kappa shape index (κ3) is 3.93. The molecule has 0 amide bonds. The number of rotatable bonds is 4. The maximum Gasteiger partial charge on any atom is 0.231 e. The Morgan fingerprint density at radius 2 is 2.05 bits per heavy atom. The van der Waals surface area contributed by atoms with Crippen LogP contribution < -0.4 is 10.6 Å². The predicted octanol–water partition coefficient (Wildman–Crippen LogP) is 1.16. The van der Waals surface area contributed by atoms with Crippen molar-refractivity contribution in [2.24, 2.45) is 0 Å². The van der Waals surface area contributed by atoms with E-state index in [1.807, 2.05) is 18.3 Å². The number of piperazine rings is 1. The molecule has 0 radical (unpaired) electrons. The number of nitrogens with zero attached hydrogens (tertiary/aromatic N) is 4. The van der Waals surface area contributed by atoms with E-state index in [9.17, 15) is 4.39 Å². The summed E-state index contributed by atoms with van der Waals surface area (Å²) in [5, 5.41) is 6.21. The topological polar surface area (TPSA) is 66.0 Å². The van der Waals surface area contributed by atoms with Crippen molar-refractivity contribution in [3.05, 3.63) is 42.1 Å². The van der Waals surface area contributed by atoms with Crippen LogP contribution in [-0.2, 0) is 6.54 Å². The lowest BCUT2D eigenvalue weighted by Crippen LogP contribution is -2.42. The lowest BCUT2D eigenvalue weighted by molar-refractivity contribution is 0.233. The van der Waals surface area contributed by atoms with Crippen LogP contribution in [0.4, 0.5) is 16.2 Å². The Balaban J connectivity index is 1.61. The van der Waals surface area contributed by atoms with E-state index < -0.39 is 5.95 Å². The molecule has 0 spiro atoms. The van der Waals surface area contributed by atoms with E-state index in [1.54, 1.807) is 0 Å². The van der Waals surface area contributed by atoms with E-state index in [4.69, 9.17) is 0 Å². The van der Waals surface area contributed by atoms with Crippen LogP contribution in [-0.4, -0.2) is 46.0 Å². The smallest absolute Gasteiger partial charge is 0.231 e. The van der Waals surface area contributed by atoms with Gasteiger partial charge >= 0.3 is 0 Å². The van der Waals surface area contributed by atoms with Gasteiger partial charge in [0.25, 0.3) is 0 Å². The number of hydrogen-bond acceptors (Lipinski definition) is 6. The molecule has 1 saturated heterocycles. The summed E-state index contributed by atoms with van der Waals surface area (Å²) in [6.45, 7) is 5.06. The Hall–Kier alpha value is -2.12. The van der Waals surface area contributed by atoms with Gasteiger partial charge in [0.1, 0.15) is 5.82 Å². The second-order valence-corrected chi connectivity index (χ2v) is 4.91. The zero-order chi connectivity index (χ0) is 14.5. The summed E-state index contributed by atoms with van der Waals surface area (Å²) < 4.78 is 13.0. The third-order valence-corrected chi connectivity index (χ3v) is 3.30. The number of halogens is 1. The minimum absolute atomic E-state index is 0.206. The van der Waals surface area contributed by atoms with Gasteiger partial charge in [-0.1, -0.05) is 6.07 Å². The van der Waals surface area contributed by atoms with Gasteiger partial charge in [-0.15, -0.1) is 0 Å². The number of anilines is 2. The highest BCUT2D eigenvalue weighted by Gasteiger charge is 2.10. The van der Waals surface area contributed by atoms with Gasteiger partial charge < -0.3 is 10.6 Å². The Morgan fingerprint density at radius 3 is 2.76 bits per heavy atom. The van der Waals surface area contributed by atoms with Crippen molar-refractivity contribution in [3.63, 3.8) is 0 Å². The fourth-order valence-corrected chi connectivity index (χ4v) is 2.23. The van der Waals surface area contributed by atoms with Crippen LogP contribution >= 0.6 is 0 Å². The van der Waals surface area contributed by atoms with Crippen LogP contribution in [0.2, 0.25) is 0 Å². The zero-order valence-corrected chi connectivity index (χ0v) is 11.6. The van der Waals surface area contributed by atoms with Crippen molar-refractivity contribution in [1.29, 1.82) is 0 Å². The Bertz CT molecular complexity index is 582. The molecule has 7 heteroatoms. The van der Waals surface area contributed by atoms with Crippen molar-refractivity contribution in [3.8, 4) is 0 Å². The predicted molar refractivity (Wildman–Crippen MR) is 77.7 cm³/mol. The summed E-state index contributed by atoms with van der Waals surface area (Å²) >= 11 is 0. The van der Waals surface area contributed by atoms with Crippen LogP contribution in [0.5, 0.6) is 0 Å². The number of pyridine rings is 1. The van der Waals surface area contributed by atoms with Crippen molar-refractivity contribution < 1.29 is 4.39 Å². The largest absolute Gasteiger partial charge is 0.314 e. The summed E-state index contributed by atoms with van der Waals surface area (Å²) in [6, 6.07) is 5.07. The Labute approximate surface area is 122 Å². The van der Waals surface area contributed by atoms with Crippen LogP contribution in [0.15, 0.2) is 30.6 Å². The molecule has 0 aliphatic carbocycles. The lowest BCUT2D eigenvalue weighted by atomic mass is 10.2. The average molecular weight is 288 g/mol. The molecule has 1 aliphatic rings. The molecule has 2 aromatic rings. The molecule has 1 aliphatic heterocycles. The van der Waals surface area contributed by atoms with E-state index in [-0.39, 0.29) is 5.95 Å². The Kier molecular flexibility index (Phi) is 4.32. The van der Waals surface area contributed by atoms with Crippen molar-refractivity contribution in [1.82, 2.24) is 25.2 Å². The molecule has 2 aromatic heterocycles. The molecular formula is C14H17FN6. The van der Waals surface area contributed by atoms with Crippen LogP contribution in [0.1, 0.15) is 5.56 Å². The molecule has 3 rings (SSSR count). The second-order valence-electron chi connectivity index (χ2n) is 4.91. The average Bonchev–Trinajstić information content (AvgIpc) is 2.50. The fourth-order valence-electron chi connectivity index (χ4n) is 2.23. The first-order valence-electron chi connectivity index (χ1n) is 6.93. The quantitative estimate of drug-likeness (QED) is 0.823. The third-order valence-electron chi connectivity index (χ3n) is 3.30. The normalized spacial score (nSPS) is 15.9. The van der Waals surface area contributed by atoms with Gasteiger partial charge in [0, 0.05) is 51.2 Å². The Morgan fingerprint density at radius 1 is 1.19 bits per heavy atom. The first kappa shape index (κ1) is 13.8. The molecule has 3 heterocycles. The van der Waals surface area contributed by atoms with Crippen molar-refractivity contribution in [2.45, 2.75) is 6.54 Å². The number of aromatic nitrogens is 3. The zero-order valence-electron chi connectivity index (χ0n) is 11.6. The summed E-state index contributed by atoms with van der Waals surface area (Å²) in [4.78, 5) is 14.3. The first-order chi connectivity index (χ1) is 10.3. The van der Waals surface area contributed by atoms with E-state index in [2.05, 4.69) is 30.5 Å². The summed E-state index contributed by atoms with van der Waals surface area (Å²) in [7, 11) is 0. The highest BCUT2D eigenvalue weighted by Crippen LogP contribution is 2.12. The van der Waals surface area contributed by atoms with Gasteiger partial charge in [0.15, 0.2) is 0 Å². The minimum atomic E-state index is -0.567. The van der Waals surface area contributed by atoms with Gasteiger partial charge in [-0.25, -0.2) is 9.97 Å². The molecule has 21 heavy (non-hydrogen) atoms. The number of hydrogen-bond donors (Lipinski definition) is 2. The highest BCUT2D eigenvalue weighted by molar-refractivity contribution is 5.47. The van der Waals surface area contributed by atoms with Crippen LogP contribution in [0.25, 0.3) is 0 Å². The molecule has 0 aromatic carbocycles. The number of nitrogens with one attached hydrogen (secondary N) is 2. The highest BCUT2D eigenvalue weighted by atomic mass is 19.1. The molecule has 0 unspecified atom stereocenters. The molecule has 0 bridgehead atoms. The van der Waals surface area contributed by atoms with Gasteiger partial charge in [-0.3, -0.25) is 4.90 Å². The maximum absolute atomic E-state index is 13.0. The summed E-state index contributed by atoms with van der Waals surface area (Å²) in [6.07, 6.45) is 3.19. The molecule has 1 fully saturated rings. The van der Waals surface area contributed by atoms with E-state index in [0.717, 1.165) is 38.3 Å². The summed E-state index contributed by atoms with van der Waals surface area (Å²) in [5.41, 5.74) is 1.16. The molecule has 0 atom stereocenters. The molecule has 2 N–H and O–H groups in total. The van der Waals surface area contributed by atoms with Crippen LogP contribution in [0, 0.1) is 5.95 Å². The standard InChI is InChI=1S/C14H17FN6/c15-12-3-4-17-14(19-12)20-13-2-1-11(9-18-13)10-21-7-5-16-6-8-21/h1-4,9,16H,5-8,10H2,(H,17,18,19,20). The van der Waals surface area contributed by atoms with Gasteiger partial charge in [0.05, 0.1) is 0 Å². The monoisotopic (exact) mass is 288 g/mol. The molecule has 110 valence electrons. The van der Waals surface area contributed by atoms with Crippen LogP contribution in [0.3, 0.4) is 0 Å². The maximum atomic E-state index is 13.0.